The van der Waals surface area contributed by atoms with Gasteiger partial charge < -0.3 is 4.74 Å². The van der Waals surface area contributed by atoms with Crippen LogP contribution in [0.25, 0.3) is 0 Å². The molecule has 0 spiro atoms. The zero-order valence-electron chi connectivity index (χ0n) is 12.4. The molecule has 2 amide bonds. The van der Waals surface area contributed by atoms with Crippen molar-refractivity contribution < 1.29 is 19.1 Å². The Morgan fingerprint density at radius 1 is 1.18 bits per heavy atom. The van der Waals surface area contributed by atoms with Crippen molar-refractivity contribution in [3.63, 3.8) is 0 Å². The number of rotatable bonds is 7. The van der Waals surface area contributed by atoms with Gasteiger partial charge in [0.2, 0.25) is 0 Å². The molecule has 0 aromatic heterocycles. The van der Waals surface area contributed by atoms with Crippen molar-refractivity contribution in [2.24, 2.45) is 0 Å². The number of amides is 2. The highest BCUT2D eigenvalue weighted by Gasteiger charge is 2.34. The summed E-state index contributed by atoms with van der Waals surface area (Å²) in [6, 6.07) is 6.85. The van der Waals surface area contributed by atoms with E-state index in [1.165, 1.54) is 4.90 Å². The Labute approximate surface area is 137 Å². The Bertz CT molecular complexity index is 552. The molecule has 1 aliphatic heterocycles. The maximum absolute atomic E-state index is 12.2. The predicted octanol–water partition coefficient (Wildman–Crippen LogP) is 2.78. The van der Waals surface area contributed by atoms with Crippen LogP contribution < -0.4 is 0 Å². The molecule has 1 heterocycles. The van der Waals surface area contributed by atoms with Gasteiger partial charge in [-0.3, -0.25) is 19.3 Å². The highest BCUT2D eigenvalue weighted by atomic mass is 79.9. The number of hydrogen-bond acceptors (Lipinski definition) is 4. The van der Waals surface area contributed by atoms with Crippen LogP contribution in [-0.2, 0) is 9.53 Å². The first-order chi connectivity index (χ1) is 10.6. The number of benzene rings is 1. The molecule has 22 heavy (non-hydrogen) atoms. The largest absolute Gasteiger partial charge is 0.465 e. The molecule has 6 heteroatoms. The molecule has 0 N–H and O–H groups in total. The van der Waals surface area contributed by atoms with Gasteiger partial charge in [0.15, 0.2) is 0 Å². The van der Waals surface area contributed by atoms with Crippen LogP contribution in [0, 0.1) is 0 Å². The van der Waals surface area contributed by atoms with E-state index in [1.54, 1.807) is 31.2 Å². The summed E-state index contributed by atoms with van der Waals surface area (Å²) in [4.78, 5) is 36.7. The Balaban J connectivity index is 1.81. The molecule has 1 aliphatic rings. The summed E-state index contributed by atoms with van der Waals surface area (Å²) < 4.78 is 4.91. The third-order valence-corrected chi connectivity index (χ3v) is 4.34. The van der Waals surface area contributed by atoms with Gasteiger partial charge in [0.1, 0.15) is 4.83 Å². The number of fused-ring (bicyclic) bond motifs is 1. The number of alkyl halides is 1. The lowest BCUT2D eigenvalue weighted by Crippen LogP contribution is -2.30. The summed E-state index contributed by atoms with van der Waals surface area (Å²) >= 11 is 3.28. The maximum Gasteiger partial charge on any atom is 0.319 e. The normalized spacial score (nSPS) is 14.9. The molecular formula is C16H18BrNO4. The average molecular weight is 368 g/mol. The SMILES string of the molecule is CCOC(=O)C(Br)CCCCN1C(=O)c2ccccc2C1=O. The van der Waals surface area contributed by atoms with E-state index in [-0.39, 0.29) is 22.6 Å². The van der Waals surface area contributed by atoms with Crippen LogP contribution >= 0.6 is 15.9 Å². The Morgan fingerprint density at radius 3 is 2.32 bits per heavy atom. The Morgan fingerprint density at radius 2 is 1.77 bits per heavy atom. The monoisotopic (exact) mass is 367 g/mol. The minimum atomic E-state index is -0.338. The minimum absolute atomic E-state index is 0.235. The number of carbonyl (C=O) groups is 3. The first-order valence-electron chi connectivity index (χ1n) is 7.32. The number of ether oxygens (including phenoxy) is 1. The smallest absolute Gasteiger partial charge is 0.319 e. The van der Waals surface area contributed by atoms with Gasteiger partial charge in [0.05, 0.1) is 17.7 Å². The topological polar surface area (TPSA) is 63.7 Å². The lowest BCUT2D eigenvalue weighted by molar-refractivity contribution is -0.142. The van der Waals surface area contributed by atoms with Crippen molar-refractivity contribution in [2.45, 2.75) is 31.0 Å². The molecule has 0 radical (unpaired) electrons. The third-order valence-electron chi connectivity index (χ3n) is 3.51. The van der Waals surface area contributed by atoms with Crippen LogP contribution in [0.5, 0.6) is 0 Å². The summed E-state index contributed by atoms with van der Waals surface area (Å²) in [6.07, 6.45) is 2.00. The van der Waals surface area contributed by atoms with Crippen molar-refractivity contribution in [3.05, 3.63) is 35.4 Å². The fourth-order valence-corrected chi connectivity index (χ4v) is 2.84. The Hall–Kier alpha value is -1.69. The first kappa shape index (κ1) is 16.7. The van der Waals surface area contributed by atoms with Gasteiger partial charge >= 0.3 is 5.97 Å². The quantitative estimate of drug-likeness (QED) is 0.321. The van der Waals surface area contributed by atoms with Gasteiger partial charge in [-0.05, 0) is 38.3 Å². The summed E-state index contributed by atoms with van der Waals surface area (Å²) in [5, 5.41) is 0. The van der Waals surface area contributed by atoms with E-state index in [2.05, 4.69) is 15.9 Å². The second-order valence-corrected chi connectivity index (χ2v) is 6.13. The Kier molecular flexibility index (Phi) is 5.71. The second-order valence-electron chi connectivity index (χ2n) is 5.02. The average Bonchev–Trinajstić information content (AvgIpc) is 2.76. The van der Waals surface area contributed by atoms with Crippen LogP contribution in [-0.4, -0.2) is 40.7 Å². The number of halogens is 1. The van der Waals surface area contributed by atoms with Gasteiger partial charge in [0, 0.05) is 6.54 Å². The van der Waals surface area contributed by atoms with E-state index >= 15 is 0 Å². The van der Waals surface area contributed by atoms with E-state index in [4.69, 9.17) is 4.74 Å². The lowest BCUT2D eigenvalue weighted by atomic mass is 10.1. The van der Waals surface area contributed by atoms with Crippen molar-refractivity contribution in [2.75, 3.05) is 13.2 Å². The fourth-order valence-electron chi connectivity index (χ4n) is 2.39. The molecule has 0 saturated heterocycles. The molecule has 1 aromatic carbocycles. The van der Waals surface area contributed by atoms with Crippen LogP contribution in [0.1, 0.15) is 46.9 Å². The van der Waals surface area contributed by atoms with E-state index in [0.717, 1.165) is 6.42 Å². The van der Waals surface area contributed by atoms with Gasteiger partial charge in [-0.25, -0.2) is 0 Å². The van der Waals surface area contributed by atoms with Gasteiger partial charge in [-0.15, -0.1) is 0 Å². The molecule has 5 nitrogen and oxygen atoms in total. The van der Waals surface area contributed by atoms with E-state index in [1.807, 2.05) is 0 Å². The van der Waals surface area contributed by atoms with Crippen molar-refractivity contribution in [1.82, 2.24) is 4.90 Å². The molecule has 1 atom stereocenters. The molecule has 0 saturated carbocycles. The number of hydrogen-bond donors (Lipinski definition) is 0. The molecule has 118 valence electrons. The van der Waals surface area contributed by atoms with Crippen molar-refractivity contribution in [3.8, 4) is 0 Å². The molecule has 0 fully saturated rings. The minimum Gasteiger partial charge on any atom is -0.465 e. The number of imide groups is 1. The van der Waals surface area contributed by atoms with E-state index in [0.29, 0.717) is 37.1 Å². The van der Waals surface area contributed by atoms with Gasteiger partial charge in [-0.2, -0.15) is 0 Å². The van der Waals surface area contributed by atoms with Crippen LogP contribution in [0.2, 0.25) is 0 Å². The summed E-state index contributed by atoms with van der Waals surface area (Å²) in [5.41, 5.74) is 0.940. The predicted molar refractivity (Wildman–Crippen MR) is 85.0 cm³/mol. The zero-order valence-corrected chi connectivity index (χ0v) is 14.0. The van der Waals surface area contributed by atoms with E-state index < -0.39 is 0 Å². The van der Waals surface area contributed by atoms with Crippen molar-refractivity contribution >= 4 is 33.7 Å². The summed E-state index contributed by atoms with van der Waals surface area (Å²) in [6.45, 7) is 2.49. The highest BCUT2D eigenvalue weighted by Crippen LogP contribution is 2.23. The first-order valence-corrected chi connectivity index (χ1v) is 8.23. The van der Waals surface area contributed by atoms with Gasteiger partial charge in [-0.1, -0.05) is 28.1 Å². The third kappa shape index (κ3) is 3.55. The number of carbonyl (C=O) groups excluding carboxylic acids is 3. The van der Waals surface area contributed by atoms with Crippen LogP contribution in [0.15, 0.2) is 24.3 Å². The molecular weight excluding hydrogens is 350 g/mol. The van der Waals surface area contributed by atoms with Crippen LogP contribution in [0.3, 0.4) is 0 Å². The van der Waals surface area contributed by atoms with Crippen LogP contribution in [0.4, 0.5) is 0 Å². The van der Waals surface area contributed by atoms with E-state index in [9.17, 15) is 14.4 Å². The number of nitrogens with zero attached hydrogens (tertiary/aromatic N) is 1. The molecule has 0 bridgehead atoms. The zero-order chi connectivity index (χ0) is 16.1. The van der Waals surface area contributed by atoms with Gasteiger partial charge in [0.25, 0.3) is 11.8 Å². The molecule has 2 rings (SSSR count). The summed E-state index contributed by atoms with van der Waals surface area (Å²) in [7, 11) is 0. The number of unbranched alkanes of at least 4 members (excludes halogenated alkanes) is 1. The standard InChI is InChI=1S/C16H18BrNO4/c1-2-22-16(21)13(17)9-5-6-10-18-14(19)11-7-3-4-8-12(11)15(18)20/h3-4,7-8,13H,2,5-6,9-10H2,1H3. The maximum atomic E-state index is 12.2. The lowest BCUT2D eigenvalue weighted by Gasteiger charge is -2.14. The molecule has 0 aliphatic carbocycles. The molecule has 1 aromatic rings. The number of esters is 1. The second kappa shape index (κ2) is 7.54. The fraction of sp³-hybridized carbons (Fsp3) is 0.438. The van der Waals surface area contributed by atoms with Crippen molar-refractivity contribution in [1.29, 1.82) is 0 Å². The highest BCUT2D eigenvalue weighted by molar-refractivity contribution is 9.10. The molecule has 1 unspecified atom stereocenters. The summed E-state index contributed by atoms with van der Waals surface area (Å²) in [5.74, 6) is -0.744.